The van der Waals surface area contributed by atoms with E-state index in [0.29, 0.717) is 5.56 Å². The Balaban J connectivity index is 1.21. The Morgan fingerprint density at radius 1 is 0.920 bits per heavy atom. The van der Waals surface area contributed by atoms with Crippen LogP contribution in [0.4, 0.5) is 10.5 Å². The summed E-state index contributed by atoms with van der Waals surface area (Å²) in [6.07, 6.45) is -4.32. The van der Waals surface area contributed by atoms with Crippen LogP contribution in [-0.2, 0) is 19.1 Å². The molecular weight excluding hydrogens is 646 g/mol. The van der Waals surface area contributed by atoms with E-state index in [-0.39, 0.29) is 23.8 Å². The van der Waals surface area contributed by atoms with Gasteiger partial charge in [0, 0.05) is 29.4 Å². The number of primary amides is 1. The first-order valence-corrected chi connectivity index (χ1v) is 16.3. The molecule has 50 heavy (non-hydrogen) atoms. The van der Waals surface area contributed by atoms with Gasteiger partial charge < -0.3 is 40.9 Å². The van der Waals surface area contributed by atoms with Crippen molar-refractivity contribution in [3.63, 3.8) is 0 Å². The maximum absolute atomic E-state index is 14.2. The Labute approximate surface area is 286 Å². The van der Waals surface area contributed by atoms with E-state index in [2.05, 4.69) is 5.32 Å². The van der Waals surface area contributed by atoms with Crippen LogP contribution in [0.1, 0.15) is 41.0 Å². The third kappa shape index (κ3) is 4.54. The molecule has 0 spiro atoms. The molecule has 0 aromatic heterocycles. The molecule has 4 aliphatic carbocycles. The summed E-state index contributed by atoms with van der Waals surface area (Å²) in [5.74, 6) is -11.1. The fraction of sp³-hybridized carbons (Fsp3) is 0.351. The van der Waals surface area contributed by atoms with Gasteiger partial charge in [0.15, 0.2) is 11.4 Å². The van der Waals surface area contributed by atoms with Gasteiger partial charge in [-0.3, -0.25) is 19.7 Å². The van der Waals surface area contributed by atoms with Gasteiger partial charge >= 0.3 is 6.09 Å². The number of ether oxygens (including phenoxy) is 1. The number of benzene rings is 3. The number of aliphatic hydroxyl groups excluding tert-OH is 3. The van der Waals surface area contributed by atoms with Gasteiger partial charge in [0.25, 0.3) is 0 Å². The van der Waals surface area contributed by atoms with Crippen LogP contribution in [0.15, 0.2) is 66.2 Å². The number of anilines is 1. The van der Waals surface area contributed by atoms with Crippen molar-refractivity contribution in [1.82, 2.24) is 4.90 Å². The number of aliphatic hydroxyl groups is 4. The molecule has 2 fully saturated rings. The highest BCUT2D eigenvalue weighted by Gasteiger charge is 2.71. The third-order valence-corrected chi connectivity index (χ3v) is 11.1. The van der Waals surface area contributed by atoms with E-state index in [1.807, 2.05) is 48.5 Å². The molecule has 4 aliphatic rings. The lowest BCUT2D eigenvalue weighted by Gasteiger charge is -2.56. The Kier molecular flexibility index (Phi) is 7.86. The molecule has 8 N–H and O–H groups in total. The van der Waals surface area contributed by atoms with Crippen LogP contribution in [0, 0.1) is 17.8 Å². The number of carbonyl (C=O) groups is 4. The standard InChI is InChI=1S/C37H37N3O10/c1-15-16-12-13-22(39-36(48)50-14-21-19-10-6-4-8-17(19)18-9-5-7-11-20(18)21)29(41)24(16)30(42)25-23(15)31(43)27-28(40(2)3)32(44)26(35(38)47)34(46)37(27,49)33(25)45/h4-13,15,21,23,26-28,31-32,41-44,49H,14H2,1-3H3,(H2,38,47)(H,39,48)/t15-,23?,26?,27?,28-,31-,32?,37-/m0/s1. The molecule has 0 aliphatic heterocycles. The number of rotatable bonds is 5. The second-order valence-electron chi connectivity index (χ2n) is 13.8. The second kappa shape index (κ2) is 11.8. The first kappa shape index (κ1) is 33.4. The molecule has 260 valence electrons. The maximum atomic E-state index is 14.2. The fourth-order valence-corrected chi connectivity index (χ4v) is 8.82. The molecule has 0 heterocycles. The van der Waals surface area contributed by atoms with Gasteiger partial charge in [-0.25, -0.2) is 4.79 Å². The van der Waals surface area contributed by atoms with E-state index in [0.717, 1.165) is 22.3 Å². The molecule has 3 aromatic rings. The van der Waals surface area contributed by atoms with Crippen LogP contribution < -0.4 is 11.1 Å². The van der Waals surface area contributed by atoms with Crippen LogP contribution in [0.3, 0.4) is 0 Å². The lowest BCUT2D eigenvalue weighted by Crippen LogP contribution is -2.76. The summed E-state index contributed by atoms with van der Waals surface area (Å²) in [4.78, 5) is 54.6. The van der Waals surface area contributed by atoms with Crippen LogP contribution >= 0.6 is 0 Å². The minimum absolute atomic E-state index is 0.00528. The van der Waals surface area contributed by atoms with Gasteiger partial charge in [0.2, 0.25) is 11.7 Å². The Morgan fingerprint density at radius 3 is 2.10 bits per heavy atom. The topological polar surface area (TPSA) is 220 Å². The van der Waals surface area contributed by atoms with E-state index in [1.54, 1.807) is 6.92 Å². The molecule has 2 saturated carbocycles. The molecule has 4 unspecified atom stereocenters. The Bertz CT molecular complexity index is 1960. The van der Waals surface area contributed by atoms with Gasteiger partial charge in [-0.05, 0) is 53.9 Å². The molecule has 8 atom stereocenters. The number of phenolic OH excluding ortho intramolecular Hbond substituents is 1. The zero-order chi connectivity index (χ0) is 36.0. The summed E-state index contributed by atoms with van der Waals surface area (Å²) in [5, 5.41) is 60.2. The van der Waals surface area contributed by atoms with Crippen molar-refractivity contribution in [2.75, 3.05) is 26.0 Å². The number of ketones is 2. The first-order chi connectivity index (χ1) is 23.7. The van der Waals surface area contributed by atoms with Gasteiger partial charge in [-0.1, -0.05) is 61.5 Å². The zero-order valence-corrected chi connectivity index (χ0v) is 27.4. The van der Waals surface area contributed by atoms with E-state index in [1.165, 1.54) is 31.1 Å². The van der Waals surface area contributed by atoms with Crippen molar-refractivity contribution in [2.45, 2.75) is 42.6 Å². The maximum Gasteiger partial charge on any atom is 0.411 e. The molecule has 2 amide bonds. The van der Waals surface area contributed by atoms with Gasteiger partial charge in [0.1, 0.15) is 24.0 Å². The van der Waals surface area contributed by atoms with E-state index in [9.17, 15) is 44.7 Å². The van der Waals surface area contributed by atoms with Crippen molar-refractivity contribution >= 4 is 35.0 Å². The molecule has 0 radical (unpaired) electrons. The second-order valence-corrected chi connectivity index (χ2v) is 13.8. The molecular formula is C37H37N3O10. The normalized spacial score (nSPS) is 29.9. The number of nitrogens with zero attached hydrogens (tertiary/aromatic N) is 1. The molecule has 3 aromatic carbocycles. The van der Waals surface area contributed by atoms with E-state index >= 15 is 0 Å². The fourth-order valence-electron chi connectivity index (χ4n) is 8.82. The summed E-state index contributed by atoms with van der Waals surface area (Å²) in [6.45, 7) is 1.63. The monoisotopic (exact) mass is 683 g/mol. The Morgan fingerprint density at radius 2 is 1.52 bits per heavy atom. The largest absolute Gasteiger partial charge is 0.507 e. The Hall–Kier alpha value is -5.08. The summed E-state index contributed by atoms with van der Waals surface area (Å²) in [5.41, 5.74) is 5.87. The number of nitrogens with one attached hydrogen (secondary N) is 1. The zero-order valence-electron chi connectivity index (χ0n) is 27.4. The summed E-state index contributed by atoms with van der Waals surface area (Å²) >= 11 is 0. The smallest absolute Gasteiger partial charge is 0.411 e. The lowest BCUT2D eigenvalue weighted by molar-refractivity contribution is -0.199. The van der Waals surface area contributed by atoms with Crippen molar-refractivity contribution in [1.29, 1.82) is 0 Å². The highest BCUT2D eigenvalue weighted by Crippen LogP contribution is 2.56. The minimum atomic E-state index is -3.04. The van der Waals surface area contributed by atoms with Crippen LogP contribution in [0.5, 0.6) is 5.75 Å². The van der Waals surface area contributed by atoms with E-state index in [4.69, 9.17) is 10.5 Å². The number of amides is 2. The van der Waals surface area contributed by atoms with Gasteiger partial charge in [-0.2, -0.15) is 0 Å². The van der Waals surface area contributed by atoms with Gasteiger partial charge in [0.05, 0.1) is 23.5 Å². The number of aromatic hydroxyl groups is 1. The van der Waals surface area contributed by atoms with Gasteiger partial charge in [-0.15, -0.1) is 0 Å². The number of fused-ring (bicyclic) bond motifs is 6. The predicted octanol–water partition coefficient (Wildman–Crippen LogP) is 2.02. The summed E-state index contributed by atoms with van der Waals surface area (Å²) in [6, 6.07) is 17.3. The van der Waals surface area contributed by atoms with Crippen molar-refractivity contribution in [3.05, 3.63) is 88.5 Å². The highest BCUT2D eigenvalue weighted by atomic mass is 16.5. The van der Waals surface area contributed by atoms with Crippen molar-refractivity contribution in [2.24, 2.45) is 23.5 Å². The average molecular weight is 684 g/mol. The molecule has 0 bridgehead atoms. The molecule has 13 nitrogen and oxygen atoms in total. The number of hydrogen-bond donors (Lipinski definition) is 7. The number of Topliss-reactive ketones (excluding diaryl/α,β-unsaturated/α-hetero) is 2. The average Bonchev–Trinajstić information content (AvgIpc) is 3.39. The lowest BCUT2D eigenvalue weighted by atomic mass is 9.52. The summed E-state index contributed by atoms with van der Waals surface area (Å²) < 4.78 is 5.60. The SMILES string of the molecule is C[C@H]1c2ccc(NC(=O)OCC3c4ccccc4-c4ccccc43)c(O)c2C(O)=C2C(=O)[C@]3(O)C(=O)C(C(N)=O)C(O)[C@@H](N(C)C)C3[C@@H](O)C21. The highest BCUT2D eigenvalue weighted by molar-refractivity contribution is 6.25. The molecule has 0 saturated heterocycles. The van der Waals surface area contributed by atoms with Crippen LogP contribution in [0.2, 0.25) is 0 Å². The molecule has 7 rings (SSSR count). The predicted molar refractivity (Wildman–Crippen MR) is 179 cm³/mol. The van der Waals surface area contributed by atoms with Crippen molar-refractivity contribution < 1.29 is 49.4 Å². The number of nitrogens with two attached hydrogens (primary N) is 1. The van der Waals surface area contributed by atoms with Crippen LogP contribution in [0.25, 0.3) is 16.9 Å². The van der Waals surface area contributed by atoms with Crippen LogP contribution in [-0.4, -0.2) is 98.6 Å². The number of likely N-dealkylation sites (N-methyl/N-ethyl adjacent to an activating group) is 1. The molecule has 13 heteroatoms. The van der Waals surface area contributed by atoms with E-state index < -0.39 is 88.2 Å². The first-order valence-electron chi connectivity index (χ1n) is 16.3. The summed E-state index contributed by atoms with van der Waals surface area (Å²) in [7, 11) is 2.98. The van der Waals surface area contributed by atoms with Crippen molar-refractivity contribution in [3.8, 4) is 16.9 Å². The minimum Gasteiger partial charge on any atom is -0.507 e. The number of phenols is 1. The number of carbonyl (C=O) groups excluding carboxylic acids is 4. The third-order valence-electron chi connectivity index (χ3n) is 11.1. The number of hydrogen-bond acceptors (Lipinski definition) is 11. The quantitative estimate of drug-likeness (QED) is 0.152.